The van der Waals surface area contributed by atoms with Gasteiger partial charge < -0.3 is 5.32 Å². The number of aromatic nitrogens is 2. The van der Waals surface area contributed by atoms with E-state index in [-0.39, 0.29) is 11.4 Å². The van der Waals surface area contributed by atoms with Crippen LogP contribution in [0, 0.1) is 12.7 Å². The number of hydrogen-bond acceptors (Lipinski definition) is 2. The maximum Gasteiger partial charge on any atom is 0.123 e. The highest BCUT2D eigenvalue weighted by Crippen LogP contribution is 2.25. The van der Waals surface area contributed by atoms with Crippen molar-refractivity contribution in [2.75, 3.05) is 0 Å². The first-order chi connectivity index (χ1) is 8.87. The van der Waals surface area contributed by atoms with Crippen LogP contribution in [-0.4, -0.2) is 15.7 Å². The van der Waals surface area contributed by atoms with Gasteiger partial charge in [-0.05, 0) is 51.5 Å². The Morgan fingerprint density at radius 1 is 1.32 bits per heavy atom. The largest absolute Gasteiger partial charge is 0.308 e. The van der Waals surface area contributed by atoms with Crippen LogP contribution < -0.4 is 5.32 Å². The molecule has 1 aromatic carbocycles. The van der Waals surface area contributed by atoms with Gasteiger partial charge in [0.05, 0.1) is 11.9 Å². The SMILES string of the molecule is Cc1cc(F)ccc1-c1[nH]ncc1CNC(C)(C)C. The van der Waals surface area contributed by atoms with E-state index in [4.69, 9.17) is 0 Å². The zero-order chi connectivity index (χ0) is 14.0. The van der Waals surface area contributed by atoms with Crippen LogP contribution in [0.2, 0.25) is 0 Å². The second-order valence-corrected chi connectivity index (χ2v) is 5.83. The number of nitrogens with zero attached hydrogens (tertiary/aromatic N) is 1. The molecule has 2 rings (SSSR count). The molecule has 1 heterocycles. The summed E-state index contributed by atoms with van der Waals surface area (Å²) in [5.41, 5.74) is 3.98. The quantitative estimate of drug-likeness (QED) is 0.889. The molecule has 3 nitrogen and oxygen atoms in total. The molecule has 0 bridgehead atoms. The lowest BCUT2D eigenvalue weighted by Crippen LogP contribution is -2.35. The molecule has 0 fully saturated rings. The highest BCUT2D eigenvalue weighted by molar-refractivity contribution is 5.66. The zero-order valence-corrected chi connectivity index (χ0v) is 11.8. The fourth-order valence-electron chi connectivity index (χ4n) is 1.95. The smallest absolute Gasteiger partial charge is 0.123 e. The van der Waals surface area contributed by atoms with Gasteiger partial charge in [0.1, 0.15) is 5.82 Å². The summed E-state index contributed by atoms with van der Waals surface area (Å²) < 4.78 is 13.2. The predicted octanol–water partition coefficient (Wildman–Crippen LogP) is 3.41. The Morgan fingerprint density at radius 3 is 2.68 bits per heavy atom. The Labute approximate surface area is 113 Å². The van der Waals surface area contributed by atoms with Gasteiger partial charge in [-0.3, -0.25) is 5.10 Å². The van der Waals surface area contributed by atoms with Crippen LogP contribution >= 0.6 is 0 Å². The highest BCUT2D eigenvalue weighted by Gasteiger charge is 2.14. The first-order valence-electron chi connectivity index (χ1n) is 6.40. The van der Waals surface area contributed by atoms with E-state index in [0.717, 1.165) is 28.9 Å². The lowest BCUT2D eigenvalue weighted by Gasteiger charge is -2.20. The van der Waals surface area contributed by atoms with Gasteiger partial charge in [0, 0.05) is 23.2 Å². The van der Waals surface area contributed by atoms with Gasteiger partial charge in [-0.2, -0.15) is 5.10 Å². The van der Waals surface area contributed by atoms with Crippen molar-refractivity contribution in [3.05, 3.63) is 41.3 Å². The van der Waals surface area contributed by atoms with Crippen LogP contribution in [0.25, 0.3) is 11.3 Å². The molecule has 0 spiro atoms. The van der Waals surface area contributed by atoms with Gasteiger partial charge in [-0.1, -0.05) is 0 Å². The van der Waals surface area contributed by atoms with Crippen molar-refractivity contribution in [3.63, 3.8) is 0 Å². The Kier molecular flexibility index (Phi) is 3.71. The van der Waals surface area contributed by atoms with E-state index in [2.05, 4.69) is 36.3 Å². The number of aryl methyl sites for hydroxylation is 1. The molecule has 0 aliphatic rings. The average Bonchev–Trinajstić information content (AvgIpc) is 2.73. The third-order valence-corrected chi connectivity index (χ3v) is 2.98. The number of benzene rings is 1. The minimum Gasteiger partial charge on any atom is -0.308 e. The summed E-state index contributed by atoms with van der Waals surface area (Å²) in [5, 5.41) is 10.5. The van der Waals surface area contributed by atoms with Crippen LogP contribution in [-0.2, 0) is 6.54 Å². The minimum absolute atomic E-state index is 0.0480. The van der Waals surface area contributed by atoms with Crippen LogP contribution in [0.1, 0.15) is 31.9 Å². The number of aromatic amines is 1. The molecule has 2 N–H and O–H groups in total. The molecule has 0 amide bonds. The number of rotatable bonds is 3. The first-order valence-corrected chi connectivity index (χ1v) is 6.40. The van der Waals surface area contributed by atoms with Crippen molar-refractivity contribution < 1.29 is 4.39 Å². The Bertz CT molecular complexity index is 567. The van der Waals surface area contributed by atoms with Crippen LogP contribution in [0.4, 0.5) is 4.39 Å². The normalized spacial score (nSPS) is 11.8. The summed E-state index contributed by atoms with van der Waals surface area (Å²) in [7, 11) is 0. The lowest BCUT2D eigenvalue weighted by atomic mass is 10.0. The Hall–Kier alpha value is -1.68. The third-order valence-electron chi connectivity index (χ3n) is 2.98. The zero-order valence-electron chi connectivity index (χ0n) is 11.8. The molecule has 2 aromatic rings. The molecule has 0 aliphatic heterocycles. The van der Waals surface area contributed by atoms with E-state index in [1.54, 1.807) is 6.07 Å². The maximum absolute atomic E-state index is 13.2. The summed E-state index contributed by atoms with van der Waals surface area (Å²) in [6.45, 7) is 8.99. The average molecular weight is 261 g/mol. The highest BCUT2D eigenvalue weighted by atomic mass is 19.1. The molecule has 0 atom stereocenters. The second kappa shape index (κ2) is 5.13. The number of halogens is 1. The molecule has 0 aliphatic carbocycles. The first kappa shape index (κ1) is 13.7. The molecule has 102 valence electrons. The Morgan fingerprint density at radius 2 is 2.05 bits per heavy atom. The summed E-state index contributed by atoms with van der Waals surface area (Å²) in [6.07, 6.45) is 1.82. The third kappa shape index (κ3) is 3.41. The molecule has 1 aromatic heterocycles. The van der Waals surface area contributed by atoms with Crippen molar-refractivity contribution in [1.29, 1.82) is 0 Å². The van der Waals surface area contributed by atoms with Crippen molar-refractivity contribution in [1.82, 2.24) is 15.5 Å². The predicted molar refractivity (Wildman–Crippen MR) is 75.3 cm³/mol. The van der Waals surface area contributed by atoms with Crippen LogP contribution in [0.15, 0.2) is 24.4 Å². The molecule has 0 unspecified atom stereocenters. The van der Waals surface area contributed by atoms with Crippen molar-refractivity contribution in [2.24, 2.45) is 0 Å². The molecular formula is C15H20FN3. The standard InChI is InChI=1S/C15H20FN3/c1-10-7-12(16)5-6-13(10)14-11(9-18-19-14)8-17-15(2,3)4/h5-7,9,17H,8H2,1-4H3,(H,18,19). The van der Waals surface area contributed by atoms with E-state index >= 15 is 0 Å². The number of hydrogen-bond donors (Lipinski definition) is 2. The van der Waals surface area contributed by atoms with Crippen molar-refractivity contribution in [3.8, 4) is 11.3 Å². The van der Waals surface area contributed by atoms with Crippen molar-refractivity contribution >= 4 is 0 Å². The molecular weight excluding hydrogens is 241 g/mol. The maximum atomic E-state index is 13.2. The van der Waals surface area contributed by atoms with Gasteiger partial charge in [0.15, 0.2) is 0 Å². The summed E-state index contributed by atoms with van der Waals surface area (Å²) in [5.74, 6) is -0.213. The number of nitrogens with one attached hydrogen (secondary N) is 2. The van der Waals surface area contributed by atoms with E-state index in [9.17, 15) is 4.39 Å². The minimum atomic E-state index is -0.213. The molecule has 4 heteroatoms. The fourth-order valence-corrected chi connectivity index (χ4v) is 1.95. The van der Waals surface area contributed by atoms with Gasteiger partial charge in [0.25, 0.3) is 0 Å². The topological polar surface area (TPSA) is 40.7 Å². The summed E-state index contributed by atoms with van der Waals surface area (Å²) in [4.78, 5) is 0. The molecule has 19 heavy (non-hydrogen) atoms. The van der Waals surface area contributed by atoms with E-state index in [1.165, 1.54) is 12.1 Å². The van der Waals surface area contributed by atoms with Gasteiger partial charge in [0.2, 0.25) is 0 Å². The Balaban J connectivity index is 2.28. The molecule has 0 saturated carbocycles. The van der Waals surface area contributed by atoms with Gasteiger partial charge in [-0.15, -0.1) is 0 Å². The summed E-state index contributed by atoms with van der Waals surface area (Å²) >= 11 is 0. The van der Waals surface area contributed by atoms with Gasteiger partial charge in [-0.25, -0.2) is 4.39 Å². The number of H-pyrrole nitrogens is 1. The fraction of sp³-hybridized carbons (Fsp3) is 0.400. The van der Waals surface area contributed by atoms with E-state index < -0.39 is 0 Å². The van der Waals surface area contributed by atoms with E-state index in [1.807, 2.05) is 13.1 Å². The molecule has 0 radical (unpaired) electrons. The van der Waals surface area contributed by atoms with E-state index in [0.29, 0.717) is 0 Å². The lowest BCUT2D eigenvalue weighted by molar-refractivity contribution is 0.424. The molecule has 0 saturated heterocycles. The monoisotopic (exact) mass is 261 g/mol. The van der Waals surface area contributed by atoms with Crippen LogP contribution in [0.5, 0.6) is 0 Å². The second-order valence-electron chi connectivity index (χ2n) is 5.83. The van der Waals surface area contributed by atoms with Gasteiger partial charge >= 0.3 is 0 Å². The van der Waals surface area contributed by atoms with Crippen LogP contribution in [0.3, 0.4) is 0 Å². The summed E-state index contributed by atoms with van der Waals surface area (Å²) in [6, 6.07) is 4.81. The van der Waals surface area contributed by atoms with Crippen molar-refractivity contribution in [2.45, 2.75) is 39.8 Å².